The summed E-state index contributed by atoms with van der Waals surface area (Å²) in [6.07, 6.45) is 0. The van der Waals surface area contributed by atoms with Crippen LogP contribution in [0.3, 0.4) is 0 Å². The zero-order valence-corrected chi connectivity index (χ0v) is 16.8. The highest BCUT2D eigenvalue weighted by atomic mass is 35.5. The van der Waals surface area contributed by atoms with Gasteiger partial charge in [-0.3, -0.25) is 10.1 Å². The van der Waals surface area contributed by atoms with Crippen molar-refractivity contribution in [1.82, 2.24) is 19.7 Å². The highest BCUT2D eigenvalue weighted by Crippen LogP contribution is 2.21. The fraction of sp³-hybridized carbons (Fsp3) is 0.214. The molecule has 0 bridgehead atoms. The van der Waals surface area contributed by atoms with Crippen LogP contribution in [0, 0.1) is 6.92 Å². The number of methoxy groups -OCH3 is 1. The van der Waals surface area contributed by atoms with E-state index in [-0.39, 0.29) is 28.4 Å². The maximum Gasteiger partial charge on any atom is 0.335 e. The fourth-order valence-electron chi connectivity index (χ4n) is 1.90. The highest BCUT2D eigenvalue weighted by molar-refractivity contribution is 7.90. The number of rotatable bonds is 6. The van der Waals surface area contributed by atoms with Crippen LogP contribution in [0.25, 0.3) is 0 Å². The first-order valence-corrected chi connectivity index (χ1v) is 9.76. The van der Waals surface area contributed by atoms with E-state index in [1.54, 1.807) is 4.72 Å². The number of nitrogens with one attached hydrogen (secondary N) is 3. The summed E-state index contributed by atoms with van der Waals surface area (Å²) in [5.41, 5.74) is -0.114. The average Bonchev–Trinajstić information content (AvgIpc) is 2.60. The second-order valence-electron chi connectivity index (χ2n) is 5.04. The van der Waals surface area contributed by atoms with Gasteiger partial charge in [-0.05, 0) is 19.1 Å². The lowest BCUT2D eigenvalue weighted by Gasteiger charge is -2.13. The number of aromatic nitrogens is 3. The van der Waals surface area contributed by atoms with Crippen LogP contribution in [0.15, 0.2) is 29.2 Å². The number of halogens is 2. The molecule has 3 amide bonds. The number of alkyl halides is 2. The standard InChI is InChI=1S/C14H14Cl2N6O5S/c1-7-17-12(21-14(18-7)27-2)20-13(24)22-28(25,26)9-6-4-3-5-8(9)19-11(23)10(15)16/h3-6,10H,1-2H3,(H,19,23)(H2,17,18,20,21,22,24). The van der Waals surface area contributed by atoms with E-state index in [4.69, 9.17) is 27.9 Å². The molecule has 14 heteroatoms. The molecule has 2 rings (SSSR count). The molecule has 28 heavy (non-hydrogen) atoms. The van der Waals surface area contributed by atoms with E-state index in [0.717, 1.165) is 0 Å². The number of para-hydroxylation sites is 1. The number of carbonyl (C=O) groups excluding carboxylic acids is 2. The Bertz CT molecular complexity index is 1000. The van der Waals surface area contributed by atoms with Gasteiger partial charge in [0, 0.05) is 0 Å². The summed E-state index contributed by atoms with van der Waals surface area (Å²) in [6.45, 7) is 1.53. The number of nitrogens with zero attached hydrogens (tertiary/aromatic N) is 3. The molecule has 0 aliphatic carbocycles. The molecule has 3 N–H and O–H groups in total. The zero-order valence-electron chi connectivity index (χ0n) is 14.4. The second-order valence-corrected chi connectivity index (χ2v) is 7.79. The number of benzene rings is 1. The highest BCUT2D eigenvalue weighted by Gasteiger charge is 2.23. The van der Waals surface area contributed by atoms with E-state index < -0.39 is 26.8 Å². The summed E-state index contributed by atoms with van der Waals surface area (Å²) in [4.78, 5) is 33.4. The maximum atomic E-state index is 12.5. The molecular formula is C14H14Cl2N6O5S. The molecule has 1 aromatic carbocycles. The van der Waals surface area contributed by atoms with Crippen molar-refractivity contribution in [3.05, 3.63) is 30.1 Å². The summed E-state index contributed by atoms with van der Waals surface area (Å²) in [5.74, 6) is -0.802. The van der Waals surface area contributed by atoms with Crippen molar-refractivity contribution in [3.8, 4) is 6.01 Å². The Kier molecular flexibility index (Phi) is 6.94. The predicted molar refractivity (Wildman–Crippen MR) is 101 cm³/mol. The van der Waals surface area contributed by atoms with Gasteiger partial charge in [-0.15, -0.1) is 0 Å². The van der Waals surface area contributed by atoms with Gasteiger partial charge in [0.05, 0.1) is 12.8 Å². The summed E-state index contributed by atoms with van der Waals surface area (Å²) in [5, 5.41) is 4.42. The summed E-state index contributed by atoms with van der Waals surface area (Å²) >= 11 is 10.9. The maximum absolute atomic E-state index is 12.5. The number of hydrogen-bond acceptors (Lipinski definition) is 8. The molecule has 1 aromatic heterocycles. The molecule has 0 unspecified atom stereocenters. The van der Waals surface area contributed by atoms with Crippen molar-refractivity contribution >= 4 is 56.8 Å². The van der Waals surface area contributed by atoms with Crippen LogP contribution in [0.4, 0.5) is 16.4 Å². The number of urea groups is 1. The molecule has 0 spiro atoms. The second kappa shape index (κ2) is 8.99. The Labute approximate surface area is 169 Å². The number of aryl methyl sites for hydroxylation is 1. The molecule has 1 heterocycles. The lowest BCUT2D eigenvalue weighted by Crippen LogP contribution is -2.35. The molecule has 0 aliphatic rings. The van der Waals surface area contributed by atoms with E-state index >= 15 is 0 Å². The molecule has 11 nitrogen and oxygen atoms in total. The largest absolute Gasteiger partial charge is 0.467 e. The number of amides is 3. The lowest BCUT2D eigenvalue weighted by molar-refractivity contribution is -0.114. The van der Waals surface area contributed by atoms with E-state index in [0.29, 0.717) is 0 Å². The molecule has 0 saturated heterocycles. The quantitative estimate of drug-likeness (QED) is 0.561. The molecule has 0 fully saturated rings. The first kappa shape index (κ1) is 21.6. The number of hydrogen-bond donors (Lipinski definition) is 3. The van der Waals surface area contributed by atoms with Crippen LogP contribution in [0.5, 0.6) is 6.01 Å². The van der Waals surface area contributed by atoms with Crippen LogP contribution >= 0.6 is 23.2 Å². The minimum Gasteiger partial charge on any atom is -0.467 e. The van der Waals surface area contributed by atoms with Gasteiger partial charge in [-0.2, -0.15) is 15.0 Å². The van der Waals surface area contributed by atoms with Gasteiger partial charge in [-0.25, -0.2) is 17.9 Å². The monoisotopic (exact) mass is 448 g/mol. The van der Waals surface area contributed by atoms with Gasteiger partial charge in [0.25, 0.3) is 15.9 Å². The smallest absolute Gasteiger partial charge is 0.335 e. The molecule has 150 valence electrons. The third kappa shape index (κ3) is 5.65. The summed E-state index contributed by atoms with van der Waals surface area (Å²) in [7, 11) is -3.05. The van der Waals surface area contributed by atoms with Gasteiger partial charge in [-0.1, -0.05) is 35.3 Å². The van der Waals surface area contributed by atoms with Crippen molar-refractivity contribution in [2.45, 2.75) is 16.7 Å². The van der Waals surface area contributed by atoms with E-state index in [1.807, 2.05) is 0 Å². The minimum atomic E-state index is -4.37. The van der Waals surface area contributed by atoms with Crippen LogP contribution in [0.1, 0.15) is 5.82 Å². The molecule has 0 radical (unpaired) electrons. The van der Waals surface area contributed by atoms with Crippen LogP contribution in [-0.4, -0.2) is 47.3 Å². The Morgan fingerprint density at radius 2 is 1.79 bits per heavy atom. The first-order valence-electron chi connectivity index (χ1n) is 7.41. The van der Waals surface area contributed by atoms with Crippen molar-refractivity contribution in [1.29, 1.82) is 0 Å². The minimum absolute atomic E-state index is 0.0598. The van der Waals surface area contributed by atoms with Gasteiger partial charge in [0.1, 0.15) is 10.7 Å². The topological polar surface area (TPSA) is 152 Å². The van der Waals surface area contributed by atoms with Crippen LogP contribution in [0.2, 0.25) is 0 Å². The van der Waals surface area contributed by atoms with Crippen LogP contribution in [-0.2, 0) is 14.8 Å². The van der Waals surface area contributed by atoms with Gasteiger partial charge in [0.15, 0.2) is 4.84 Å². The Balaban J connectivity index is 2.21. The van der Waals surface area contributed by atoms with E-state index in [1.165, 1.54) is 38.3 Å². The SMILES string of the molecule is COc1nc(C)nc(NC(=O)NS(=O)(=O)c2ccccc2NC(=O)C(Cl)Cl)n1. The van der Waals surface area contributed by atoms with Crippen molar-refractivity contribution in [3.63, 3.8) is 0 Å². The third-order valence-electron chi connectivity index (χ3n) is 2.99. The van der Waals surface area contributed by atoms with Crippen LogP contribution < -0.4 is 20.1 Å². The zero-order chi connectivity index (χ0) is 20.9. The van der Waals surface area contributed by atoms with Crippen molar-refractivity contribution in [2.75, 3.05) is 17.7 Å². The number of carbonyl (C=O) groups is 2. The van der Waals surface area contributed by atoms with E-state index in [2.05, 4.69) is 25.6 Å². The fourth-order valence-corrected chi connectivity index (χ4v) is 3.08. The average molecular weight is 449 g/mol. The molecule has 0 aliphatic heterocycles. The molecular weight excluding hydrogens is 435 g/mol. The molecule has 0 saturated carbocycles. The lowest BCUT2D eigenvalue weighted by atomic mass is 10.3. The van der Waals surface area contributed by atoms with Gasteiger partial charge < -0.3 is 10.1 Å². The molecule has 2 aromatic rings. The van der Waals surface area contributed by atoms with Gasteiger partial charge >= 0.3 is 12.0 Å². The molecule has 0 atom stereocenters. The number of anilines is 2. The van der Waals surface area contributed by atoms with E-state index in [9.17, 15) is 18.0 Å². The predicted octanol–water partition coefficient (Wildman–Crippen LogP) is 1.44. The van der Waals surface area contributed by atoms with Crippen molar-refractivity contribution < 1.29 is 22.7 Å². The van der Waals surface area contributed by atoms with Gasteiger partial charge in [0.2, 0.25) is 5.95 Å². The number of sulfonamides is 1. The number of ether oxygens (including phenoxy) is 1. The third-order valence-corrected chi connectivity index (χ3v) is 4.78. The summed E-state index contributed by atoms with van der Waals surface area (Å²) < 4.78 is 31.7. The first-order chi connectivity index (χ1) is 13.1. The summed E-state index contributed by atoms with van der Waals surface area (Å²) in [6, 6.07) is 4.17. The Hall–Kier alpha value is -2.70. The normalized spacial score (nSPS) is 11.0. The van der Waals surface area contributed by atoms with Crippen molar-refractivity contribution in [2.24, 2.45) is 0 Å². The Morgan fingerprint density at radius 3 is 2.43 bits per heavy atom. The Morgan fingerprint density at radius 1 is 1.11 bits per heavy atom.